The molecule has 6 nitrogen and oxygen atoms in total. The van der Waals surface area contributed by atoms with Crippen molar-refractivity contribution in [3.63, 3.8) is 0 Å². The molecule has 0 aliphatic carbocycles. The lowest BCUT2D eigenvalue weighted by atomic mass is 10.2. The van der Waals surface area contributed by atoms with Crippen molar-refractivity contribution in [2.75, 3.05) is 6.61 Å². The fourth-order valence-electron chi connectivity index (χ4n) is 0.937. The number of esters is 1. The number of rotatable bonds is 3. The Hall–Kier alpha value is -1.50. The van der Waals surface area contributed by atoms with E-state index < -0.39 is 16.7 Å². The minimum Gasteiger partial charge on any atom is -0.462 e. The van der Waals surface area contributed by atoms with E-state index >= 15 is 0 Å². The lowest BCUT2D eigenvalue weighted by molar-refractivity contribution is -0.389. The van der Waals surface area contributed by atoms with Gasteiger partial charge in [-0.1, -0.05) is 0 Å². The largest absolute Gasteiger partial charge is 0.462 e. The molecule has 0 unspecified atom stereocenters. The average Bonchev–Trinajstić information content (AvgIpc) is 2.17. The van der Waals surface area contributed by atoms with Gasteiger partial charge in [-0.25, -0.2) is 4.79 Å². The zero-order valence-corrected chi connectivity index (χ0v) is 9.35. The van der Waals surface area contributed by atoms with Gasteiger partial charge in [0.15, 0.2) is 11.8 Å². The molecule has 7 heteroatoms. The number of hydrogen-bond acceptors (Lipinski definition) is 5. The van der Waals surface area contributed by atoms with Crippen LogP contribution in [-0.4, -0.2) is 22.5 Å². The van der Waals surface area contributed by atoms with Crippen LogP contribution >= 0.6 is 15.9 Å². The van der Waals surface area contributed by atoms with E-state index in [-0.39, 0.29) is 12.2 Å². The van der Waals surface area contributed by atoms with Crippen molar-refractivity contribution in [1.82, 2.24) is 4.98 Å². The molecular weight excluding hydrogens is 268 g/mol. The Balaban J connectivity index is 3.18. The number of nitrogens with zero attached hydrogens (tertiary/aromatic N) is 2. The van der Waals surface area contributed by atoms with Crippen LogP contribution in [0, 0.1) is 10.1 Å². The van der Waals surface area contributed by atoms with Crippen LogP contribution in [0.1, 0.15) is 17.3 Å². The van der Waals surface area contributed by atoms with Crippen molar-refractivity contribution in [1.29, 1.82) is 0 Å². The Kier molecular flexibility index (Phi) is 3.73. The number of carbonyl (C=O) groups excluding carboxylic acids is 1. The molecule has 1 heterocycles. The minimum atomic E-state index is -0.752. The number of ether oxygens (including phenoxy) is 1. The number of pyridine rings is 1. The Bertz CT molecular complexity index is 408. The highest BCUT2D eigenvalue weighted by atomic mass is 79.9. The predicted octanol–water partition coefficient (Wildman–Crippen LogP) is 1.93. The second kappa shape index (κ2) is 4.83. The number of aromatic nitrogens is 1. The quantitative estimate of drug-likeness (QED) is 0.478. The van der Waals surface area contributed by atoms with Gasteiger partial charge in [0.2, 0.25) is 0 Å². The first-order valence-corrected chi connectivity index (χ1v) is 4.82. The van der Waals surface area contributed by atoms with Gasteiger partial charge in [0.25, 0.3) is 0 Å². The summed E-state index contributed by atoms with van der Waals surface area (Å²) in [4.78, 5) is 24.7. The normalized spacial score (nSPS) is 9.73. The van der Waals surface area contributed by atoms with Crippen molar-refractivity contribution in [2.24, 2.45) is 0 Å². The van der Waals surface area contributed by atoms with Gasteiger partial charge in [-0.05, 0) is 38.8 Å². The summed E-state index contributed by atoms with van der Waals surface area (Å²) in [5, 5.41) is 10.6. The van der Waals surface area contributed by atoms with Crippen LogP contribution in [0.2, 0.25) is 0 Å². The number of hydrogen-bond donors (Lipinski definition) is 0. The second-order valence-corrected chi connectivity index (χ2v) is 3.42. The van der Waals surface area contributed by atoms with Gasteiger partial charge < -0.3 is 14.9 Å². The van der Waals surface area contributed by atoms with Crippen LogP contribution < -0.4 is 0 Å². The lowest BCUT2D eigenvalue weighted by Gasteiger charge is -2.02. The van der Waals surface area contributed by atoms with Gasteiger partial charge in [-0.2, -0.15) is 0 Å². The molecule has 15 heavy (non-hydrogen) atoms. The molecule has 1 aromatic heterocycles. The zero-order valence-electron chi connectivity index (χ0n) is 7.77. The van der Waals surface area contributed by atoms with Crippen molar-refractivity contribution < 1.29 is 14.5 Å². The van der Waals surface area contributed by atoms with E-state index in [1.165, 1.54) is 12.3 Å². The van der Waals surface area contributed by atoms with E-state index in [1.54, 1.807) is 6.92 Å². The Morgan fingerprint density at radius 3 is 2.93 bits per heavy atom. The molecule has 0 aliphatic rings. The first-order chi connectivity index (χ1) is 7.06. The third-order valence-electron chi connectivity index (χ3n) is 1.50. The van der Waals surface area contributed by atoms with Gasteiger partial charge in [-0.3, -0.25) is 0 Å². The van der Waals surface area contributed by atoms with E-state index in [9.17, 15) is 14.9 Å². The van der Waals surface area contributed by atoms with Crippen LogP contribution in [0.3, 0.4) is 0 Å². The fraction of sp³-hybridized carbons (Fsp3) is 0.250. The SMILES string of the molecule is CCOC(=O)c1cc(Br)cnc1[N+](=O)[O-]. The van der Waals surface area contributed by atoms with Crippen molar-refractivity contribution >= 4 is 27.7 Å². The topological polar surface area (TPSA) is 82.3 Å². The molecular formula is C8H7BrN2O4. The summed E-state index contributed by atoms with van der Waals surface area (Å²) >= 11 is 3.07. The Morgan fingerprint density at radius 2 is 2.40 bits per heavy atom. The van der Waals surface area contributed by atoms with E-state index in [0.717, 1.165) is 0 Å². The van der Waals surface area contributed by atoms with Crippen LogP contribution in [0.5, 0.6) is 0 Å². The van der Waals surface area contributed by atoms with Crippen LogP contribution in [0.25, 0.3) is 0 Å². The first kappa shape index (κ1) is 11.6. The summed E-state index contributed by atoms with van der Waals surface area (Å²) in [6, 6.07) is 1.31. The fourth-order valence-corrected chi connectivity index (χ4v) is 1.27. The van der Waals surface area contributed by atoms with Crippen LogP contribution in [0.15, 0.2) is 16.7 Å². The zero-order chi connectivity index (χ0) is 11.4. The maximum atomic E-state index is 11.3. The molecule has 80 valence electrons. The summed E-state index contributed by atoms with van der Waals surface area (Å²) in [5.41, 5.74) is -0.156. The summed E-state index contributed by atoms with van der Waals surface area (Å²) in [5.74, 6) is -1.25. The molecule has 1 rings (SSSR count). The predicted molar refractivity (Wildman–Crippen MR) is 54.5 cm³/mol. The minimum absolute atomic E-state index is 0.155. The summed E-state index contributed by atoms with van der Waals surface area (Å²) < 4.78 is 5.15. The smallest absolute Gasteiger partial charge is 0.378 e. The third kappa shape index (κ3) is 2.72. The van der Waals surface area contributed by atoms with Gasteiger partial charge in [0.1, 0.15) is 0 Å². The van der Waals surface area contributed by atoms with E-state index in [0.29, 0.717) is 4.47 Å². The van der Waals surface area contributed by atoms with Crippen LogP contribution in [0.4, 0.5) is 5.82 Å². The Labute approximate surface area is 93.5 Å². The number of halogens is 1. The van der Waals surface area contributed by atoms with Crippen LogP contribution in [-0.2, 0) is 4.74 Å². The maximum absolute atomic E-state index is 11.3. The summed E-state index contributed by atoms with van der Waals surface area (Å²) in [6.07, 6.45) is 1.25. The average molecular weight is 275 g/mol. The second-order valence-electron chi connectivity index (χ2n) is 2.50. The molecule has 0 aromatic carbocycles. The van der Waals surface area contributed by atoms with Gasteiger partial charge in [-0.15, -0.1) is 0 Å². The standard InChI is InChI=1S/C8H7BrN2O4/c1-2-15-8(12)6-3-5(9)4-10-7(6)11(13)14/h3-4H,2H2,1H3. The molecule has 0 saturated heterocycles. The lowest BCUT2D eigenvalue weighted by Crippen LogP contribution is -2.09. The van der Waals surface area contributed by atoms with Gasteiger partial charge in [0, 0.05) is 0 Å². The van der Waals surface area contributed by atoms with Crippen molar-refractivity contribution in [3.05, 3.63) is 32.4 Å². The van der Waals surface area contributed by atoms with E-state index in [1.807, 2.05) is 0 Å². The highest BCUT2D eigenvalue weighted by molar-refractivity contribution is 9.10. The van der Waals surface area contributed by atoms with Crippen molar-refractivity contribution in [3.8, 4) is 0 Å². The highest BCUT2D eigenvalue weighted by Gasteiger charge is 2.23. The molecule has 0 saturated carbocycles. The van der Waals surface area contributed by atoms with Gasteiger partial charge >= 0.3 is 11.8 Å². The summed E-state index contributed by atoms with van der Waals surface area (Å²) in [7, 11) is 0. The van der Waals surface area contributed by atoms with Crippen molar-refractivity contribution in [2.45, 2.75) is 6.92 Å². The van der Waals surface area contributed by atoms with E-state index in [2.05, 4.69) is 25.7 Å². The number of nitro groups is 1. The molecule has 0 radical (unpaired) electrons. The van der Waals surface area contributed by atoms with E-state index in [4.69, 9.17) is 0 Å². The molecule has 0 N–H and O–H groups in total. The third-order valence-corrected chi connectivity index (χ3v) is 1.94. The molecule has 0 amide bonds. The monoisotopic (exact) mass is 274 g/mol. The molecule has 0 aliphatic heterocycles. The van der Waals surface area contributed by atoms with Gasteiger partial charge in [0.05, 0.1) is 11.1 Å². The maximum Gasteiger partial charge on any atom is 0.378 e. The molecule has 0 spiro atoms. The molecule has 0 bridgehead atoms. The summed E-state index contributed by atoms with van der Waals surface area (Å²) in [6.45, 7) is 1.78. The Morgan fingerprint density at radius 1 is 1.73 bits per heavy atom. The molecule has 0 fully saturated rings. The number of carbonyl (C=O) groups is 1. The molecule has 0 atom stereocenters. The first-order valence-electron chi connectivity index (χ1n) is 4.03. The molecule has 1 aromatic rings. The highest BCUT2D eigenvalue weighted by Crippen LogP contribution is 2.20.